The highest BCUT2D eigenvalue weighted by molar-refractivity contribution is 6.33. The number of amides is 1. The molecule has 0 spiro atoms. The van der Waals surface area contributed by atoms with E-state index in [4.69, 9.17) is 28.9 Å². The zero-order valence-corrected chi connectivity index (χ0v) is 14.8. The number of nitrogens with two attached hydrogens (primary N) is 1. The van der Waals surface area contributed by atoms with Crippen molar-refractivity contribution in [2.75, 3.05) is 13.1 Å². The molecule has 1 amide bonds. The Balaban J connectivity index is 1.52. The Hall–Kier alpha value is -0.770. The van der Waals surface area contributed by atoms with Gasteiger partial charge in [-0.3, -0.25) is 4.79 Å². The summed E-state index contributed by atoms with van der Waals surface area (Å²) in [5, 5.41) is 1.52. The smallest absolute Gasteiger partial charge is 0.225 e. The van der Waals surface area contributed by atoms with E-state index in [-0.39, 0.29) is 12.0 Å². The zero-order valence-electron chi connectivity index (χ0n) is 13.3. The first-order valence-corrected chi connectivity index (χ1v) is 9.27. The molecule has 126 valence electrons. The van der Waals surface area contributed by atoms with E-state index < -0.39 is 0 Å². The Bertz CT molecular complexity index is 570. The number of likely N-dealkylation sites (tertiary alicyclic amines) is 1. The molecule has 1 aliphatic heterocycles. The maximum atomic E-state index is 12.5. The summed E-state index contributed by atoms with van der Waals surface area (Å²) >= 11 is 12.3. The quantitative estimate of drug-likeness (QED) is 0.894. The van der Waals surface area contributed by atoms with Crippen LogP contribution in [0.4, 0.5) is 0 Å². The van der Waals surface area contributed by atoms with Gasteiger partial charge in [0.05, 0.1) is 0 Å². The lowest BCUT2D eigenvalue weighted by Crippen LogP contribution is -2.41. The summed E-state index contributed by atoms with van der Waals surface area (Å²) in [5.74, 6) is 1.04. The third-order valence-electron chi connectivity index (χ3n) is 5.26. The number of nitrogens with zero attached hydrogens (tertiary/aromatic N) is 1. The van der Waals surface area contributed by atoms with E-state index in [0.29, 0.717) is 11.8 Å². The minimum absolute atomic E-state index is 0.156. The first-order valence-electron chi connectivity index (χ1n) is 8.51. The van der Waals surface area contributed by atoms with Crippen molar-refractivity contribution in [2.24, 2.45) is 17.6 Å². The van der Waals surface area contributed by atoms with Gasteiger partial charge in [-0.1, -0.05) is 23.2 Å². The van der Waals surface area contributed by atoms with Crippen LogP contribution in [0, 0.1) is 11.8 Å². The maximum Gasteiger partial charge on any atom is 0.225 e. The van der Waals surface area contributed by atoms with Crippen LogP contribution in [0.1, 0.15) is 37.7 Å². The second-order valence-corrected chi connectivity index (χ2v) is 7.82. The highest BCUT2D eigenvalue weighted by Gasteiger charge is 2.32. The second kappa shape index (κ2) is 7.42. The van der Waals surface area contributed by atoms with E-state index in [2.05, 4.69) is 0 Å². The molecule has 1 saturated carbocycles. The molecular formula is C18H24Cl2N2O. The lowest BCUT2D eigenvalue weighted by atomic mass is 9.89. The molecule has 23 heavy (non-hydrogen) atoms. The molecule has 3 rings (SSSR count). The number of benzene rings is 1. The van der Waals surface area contributed by atoms with Crippen molar-refractivity contribution in [2.45, 2.75) is 44.6 Å². The van der Waals surface area contributed by atoms with Crippen molar-refractivity contribution in [3.63, 3.8) is 0 Å². The normalized spacial score (nSPS) is 25.8. The first kappa shape index (κ1) is 17.1. The van der Waals surface area contributed by atoms with Crippen LogP contribution in [0.25, 0.3) is 0 Å². The van der Waals surface area contributed by atoms with Crippen LogP contribution in [0.15, 0.2) is 18.2 Å². The van der Waals surface area contributed by atoms with Crippen LogP contribution >= 0.6 is 23.2 Å². The molecule has 0 aromatic heterocycles. The second-order valence-electron chi connectivity index (χ2n) is 6.98. The highest BCUT2D eigenvalue weighted by Crippen LogP contribution is 2.30. The molecule has 1 saturated heterocycles. The highest BCUT2D eigenvalue weighted by atomic mass is 35.5. The van der Waals surface area contributed by atoms with Crippen molar-refractivity contribution >= 4 is 29.1 Å². The van der Waals surface area contributed by atoms with Crippen LogP contribution in [0.3, 0.4) is 0 Å². The Morgan fingerprint density at radius 1 is 1.17 bits per heavy atom. The molecule has 0 bridgehead atoms. The lowest BCUT2D eigenvalue weighted by molar-refractivity contribution is -0.136. The van der Waals surface area contributed by atoms with Gasteiger partial charge in [-0.05, 0) is 68.2 Å². The van der Waals surface area contributed by atoms with Gasteiger partial charge in [0.1, 0.15) is 0 Å². The monoisotopic (exact) mass is 354 g/mol. The average Bonchev–Trinajstić information content (AvgIpc) is 2.97. The predicted molar refractivity (Wildman–Crippen MR) is 94.8 cm³/mol. The van der Waals surface area contributed by atoms with E-state index in [1.165, 1.54) is 0 Å². The number of halogens is 2. The van der Waals surface area contributed by atoms with Gasteiger partial charge in [0.15, 0.2) is 0 Å². The summed E-state index contributed by atoms with van der Waals surface area (Å²) in [7, 11) is 0. The van der Waals surface area contributed by atoms with Crippen molar-refractivity contribution in [3.8, 4) is 0 Å². The van der Waals surface area contributed by atoms with E-state index in [1.807, 2.05) is 23.1 Å². The molecule has 1 aromatic carbocycles. The van der Waals surface area contributed by atoms with E-state index in [0.717, 1.165) is 67.2 Å². The molecule has 2 unspecified atom stereocenters. The van der Waals surface area contributed by atoms with Gasteiger partial charge in [-0.2, -0.15) is 0 Å². The summed E-state index contributed by atoms with van der Waals surface area (Å²) in [4.78, 5) is 14.6. The minimum atomic E-state index is 0.156. The molecule has 0 radical (unpaired) electrons. The van der Waals surface area contributed by atoms with E-state index in [9.17, 15) is 4.79 Å². The SMILES string of the molecule is NC1CCC(C(=O)N2CCC(Cc3cc(Cl)ccc3Cl)CC2)C1. The number of carbonyl (C=O) groups is 1. The summed E-state index contributed by atoms with van der Waals surface area (Å²) in [5.41, 5.74) is 7.05. The zero-order chi connectivity index (χ0) is 16.4. The van der Waals surface area contributed by atoms with Gasteiger partial charge in [-0.15, -0.1) is 0 Å². The molecule has 5 heteroatoms. The largest absolute Gasteiger partial charge is 0.342 e. The summed E-state index contributed by atoms with van der Waals surface area (Å²) in [6.45, 7) is 1.71. The first-order chi connectivity index (χ1) is 11.0. The van der Waals surface area contributed by atoms with Crippen molar-refractivity contribution in [1.29, 1.82) is 0 Å². The average molecular weight is 355 g/mol. The van der Waals surface area contributed by atoms with Gasteiger partial charge in [-0.25, -0.2) is 0 Å². The molecule has 1 heterocycles. The summed E-state index contributed by atoms with van der Waals surface area (Å²) in [6, 6.07) is 5.86. The molecule has 1 aliphatic carbocycles. The Labute approximate surface area is 148 Å². The summed E-state index contributed by atoms with van der Waals surface area (Å²) < 4.78 is 0. The number of hydrogen-bond acceptors (Lipinski definition) is 2. The summed E-state index contributed by atoms with van der Waals surface area (Å²) in [6.07, 6.45) is 5.81. The molecule has 1 aromatic rings. The van der Waals surface area contributed by atoms with Crippen molar-refractivity contribution in [1.82, 2.24) is 4.90 Å². The predicted octanol–water partition coefficient (Wildman–Crippen LogP) is 3.90. The van der Waals surface area contributed by atoms with Crippen molar-refractivity contribution in [3.05, 3.63) is 33.8 Å². The topological polar surface area (TPSA) is 46.3 Å². The Kier molecular flexibility index (Phi) is 5.50. The fourth-order valence-electron chi connectivity index (χ4n) is 3.87. The molecule has 2 atom stereocenters. The fraction of sp³-hybridized carbons (Fsp3) is 0.611. The van der Waals surface area contributed by atoms with Gasteiger partial charge in [0.25, 0.3) is 0 Å². The minimum Gasteiger partial charge on any atom is -0.342 e. The molecular weight excluding hydrogens is 331 g/mol. The van der Waals surface area contributed by atoms with Crippen LogP contribution < -0.4 is 5.73 Å². The third-order valence-corrected chi connectivity index (χ3v) is 5.87. The number of piperidine rings is 1. The van der Waals surface area contributed by atoms with Crippen molar-refractivity contribution < 1.29 is 4.79 Å². The standard InChI is InChI=1S/C18H24Cl2N2O/c19-15-2-4-17(20)14(10-15)9-12-5-7-22(8-6-12)18(23)13-1-3-16(21)11-13/h2,4,10,12-13,16H,1,3,5-9,11,21H2. The van der Waals surface area contributed by atoms with Crippen LogP contribution in [-0.2, 0) is 11.2 Å². The molecule has 2 fully saturated rings. The Morgan fingerprint density at radius 3 is 2.57 bits per heavy atom. The van der Waals surface area contributed by atoms with Gasteiger partial charge in [0, 0.05) is 35.1 Å². The van der Waals surface area contributed by atoms with Crippen LogP contribution in [0.5, 0.6) is 0 Å². The molecule has 2 aliphatic rings. The third kappa shape index (κ3) is 4.20. The number of hydrogen-bond donors (Lipinski definition) is 1. The van der Waals surface area contributed by atoms with Gasteiger partial charge in [0.2, 0.25) is 5.91 Å². The lowest BCUT2D eigenvalue weighted by Gasteiger charge is -2.33. The van der Waals surface area contributed by atoms with Gasteiger partial charge < -0.3 is 10.6 Å². The molecule has 2 N–H and O–H groups in total. The van der Waals surface area contributed by atoms with Gasteiger partial charge >= 0.3 is 0 Å². The van der Waals surface area contributed by atoms with E-state index >= 15 is 0 Å². The fourth-order valence-corrected chi connectivity index (χ4v) is 4.26. The van der Waals surface area contributed by atoms with Crippen LogP contribution in [0.2, 0.25) is 10.0 Å². The van der Waals surface area contributed by atoms with Crippen LogP contribution in [-0.4, -0.2) is 29.9 Å². The number of rotatable bonds is 3. The Morgan fingerprint density at radius 2 is 1.91 bits per heavy atom. The maximum absolute atomic E-state index is 12.5. The molecule has 3 nitrogen and oxygen atoms in total. The number of carbonyl (C=O) groups excluding carboxylic acids is 1. The van der Waals surface area contributed by atoms with E-state index in [1.54, 1.807) is 0 Å².